The SMILES string of the molecule is C#Cc1ncc2c(n1)n(C1CCOCC1)c(=O)n2COCC[Si](C)(C)C.C[Si](C)(C)CCOCn1c(=O)n(C2CCOCC2)c2nc(-c3cnn4ccccc34)ncc21.N[n+]1ccccc1. The zero-order chi connectivity index (χ0) is 46.8. The first kappa shape index (κ1) is 48.1. The summed E-state index contributed by atoms with van der Waals surface area (Å²) >= 11 is 0. The minimum atomic E-state index is -1.21. The summed E-state index contributed by atoms with van der Waals surface area (Å²) in [5.74, 6) is 8.57. The number of nitrogens with zero attached hydrogens (tertiary/aromatic N) is 11. The average molecular weight is 936 g/mol. The molecule has 7 aromatic heterocycles. The van der Waals surface area contributed by atoms with Gasteiger partial charge in [-0.15, -0.1) is 6.42 Å². The lowest BCUT2D eigenvalue weighted by atomic mass is 10.1. The highest BCUT2D eigenvalue weighted by Crippen LogP contribution is 2.28. The molecule has 7 aromatic rings. The van der Waals surface area contributed by atoms with Crippen molar-refractivity contribution in [2.24, 2.45) is 0 Å². The smallest absolute Gasteiger partial charge is 0.332 e. The van der Waals surface area contributed by atoms with E-state index in [0.717, 1.165) is 48.9 Å². The summed E-state index contributed by atoms with van der Waals surface area (Å²) in [5.41, 5.74) is 4.11. The standard InChI is InChI=1S/C23H30N6O3Si.C18H26N4O3Si.C5H7N2/c1-33(2,3)13-12-32-16-27-20-15-24-21(18-14-25-28-9-5-4-6-19(18)28)26-22(20)29(23(27)30)17-7-10-31-11-8-17;1-5-16-19-12-15-17(20-16)22(14-6-8-24-9-7-14)18(23)21(15)13-25-10-11-26(2,3)4;6-7-4-2-1-3-5-7/h4-6,9,14-15,17H,7-8,10-13,16H2,1-3H3;1,12,14H,6-11,13H2,2-4H3;1-5H,6H2/q;;+1. The van der Waals surface area contributed by atoms with Gasteiger partial charge in [-0.3, -0.25) is 18.3 Å². The Balaban J connectivity index is 0.000000175. The first-order valence-electron chi connectivity index (χ1n) is 22.6. The minimum Gasteiger partial charge on any atom is -0.381 e. The number of pyridine rings is 2. The van der Waals surface area contributed by atoms with Crippen LogP contribution in [-0.4, -0.2) is 104 Å². The van der Waals surface area contributed by atoms with Gasteiger partial charge in [0, 0.05) is 86.2 Å². The van der Waals surface area contributed by atoms with Gasteiger partial charge < -0.3 is 18.9 Å². The van der Waals surface area contributed by atoms with Gasteiger partial charge in [0.15, 0.2) is 29.5 Å². The first-order valence-corrected chi connectivity index (χ1v) is 30.0. The molecule has 18 nitrogen and oxygen atoms in total. The highest BCUT2D eigenvalue weighted by molar-refractivity contribution is 6.76. The van der Waals surface area contributed by atoms with E-state index in [9.17, 15) is 9.59 Å². The molecule has 0 aromatic carbocycles. The lowest BCUT2D eigenvalue weighted by Crippen LogP contribution is -2.42. The maximum absolute atomic E-state index is 13.5. The molecule has 0 saturated carbocycles. The van der Waals surface area contributed by atoms with Crippen molar-refractivity contribution in [3.8, 4) is 23.7 Å². The van der Waals surface area contributed by atoms with Crippen LogP contribution in [0.15, 0.2) is 83.2 Å². The summed E-state index contributed by atoms with van der Waals surface area (Å²) in [7, 11) is -2.38. The summed E-state index contributed by atoms with van der Waals surface area (Å²) in [6.45, 7) is 18.1. The second-order valence-corrected chi connectivity index (χ2v) is 30.1. The summed E-state index contributed by atoms with van der Waals surface area (Å²) in [6, 6.07) is 13.8. The van der Waals surface area contributed by atoms with Gasteiger partial charge in [0.2, 0.25) is 5.82 Å². The number of ether oxygens (including phenoxy) is 4. The highest BCUT2D eigenvalue weighted by atomic mass is 28.3. The fourth-order valence-corrected chi connectivity index (χ4v) is 9.21. The summed E-state index contributed by atoms with van der Waals surface area (Å²) < 4.78 is 32.8. The van der Waals surface area contributed by atoms with Crippen LogP contribution in [0.4, 0.5) is 0 Å². The second-order valence-electron chi connectivity index (χ2n) is 18.9. The molecular weight excluding hydrogens is 873 g/mol. The van der Waals surface area contributed by atoms with Crippen molar-refractivity contribution in [2.45, 2.75) is 103 Å². The van der Waals surface area contributed by atoms with Crippen LogP contribution in [0, 0.1) is 12.3 Å². The molecule has 2 fully saturated rings. The van der Waals surface area contributed by atoms with Crippen molar-refractivity contribution < 1.29 is 23.6 Å². The van der Waals surface area contributed by atoms with Gasteiger partial charge in [-0.2, -0.15) is 5.10 Å². The van der Waals surface area contributed by atoms with E-state index in [4.69, 9.17) is 36.2 Å². The average Bonchev–Trinajstić information content (AvgIpc) is 3.95. The molecule has 2 N–H and O–H groups in total. The fraction of sp³-hybridized carbons (Fsp3) is 0.478. The Morgan fingerprint density at radius 3 is 1.76 bits per heavy atom. The molecule has 350 valence electrons. The van der Waals surface area contributed by atoms with E-state index in [1.165, 1.54) is 4.68 Å². The zero-order valence-electron chi connectivity index (χ0n) is 39.0. The minimum absolute atomic E-state index is 0.0450. The third kappa shape index (κ3) is 11.9. The molecule has 20 heteroatoms. The van der Waals surface area contributed by atoms with Crippen molar-refractivity contribution in [3.05, 3.63) is 100 Å². The number of nitrogens with two attached hydrogens (primary N) is 1. The van der Waals surface area contributed by atoms with Crippen LogP contribution in [0.25, 0.3) is 39.2 Å². The number of imidazole rings is 2. The van der Waals surface area contributed by atoms with Gasteiger partial charge in [-0.25, -0.2) is 39.9 Å². The molecule has 0 radical (unpaired) electrons. The van der Waals surface area contributed by atoms with E-state index in [0.29, 0.717) is 67.8 Å². The van der Waals surface area contributed by atoms with Gasteiger partial charge in [0.1, 0.15) is 24.5 Å². The van der Waals surface area contributed by atoms with Crippen LogP contribution >= 0.6 is 0 Å². The Morgan fingerprint density at radius 2 is 1.26 bits per heavy atom. The Kier molecular flexibility index (Phi) is 15.8. The van der Waals surface area contributed by atoms with Gasteiger partial charge in [0.25, 0.3) is 0 Å². The molecule has 0 spiro atoms. The number of fused-ring (bicyclic) bond motifs is 3. The lowest BCUT2D eigenvalue weighted by molar-refractivity contribution is -0.638. The number of hydrogen-bond donors (Lipinski definition) is 1. The van der Waals surface area contributed by atoms with E-state index in [1.807, 2.05) is 47.2 Å². The van der Waals surface area contributed by atoms with E-state index >= 15 is 0 Å². The molecule has 0 unspecified atom stereocenters. The molecule has 66 heavy (non-hydrogen) atoms. The zero-order valence-corrected chi connectivity index (χ0v) is 41.0. The van der Waals surface area contributed by atoms with E-state index in [-0.39, 0.29) is 42.7 Å². The molecule has 0 aliphatic carbocycles. The number of hydrogen-bond acceptors (Lipinski definition) is 12. The van der Waals surface area contributed by atoms with Crippen LogP contribution in [0.2, 0.25) is 51.4 Å². The molecule has 0 amide bonds. The number of terminal acetylenes is 1. The highest BCUT2D eigenvalue weighted by Gasteiger charge is 2.27. The van der Waals surface area contributed by atoms with Crippen molar-refractivity contribution in [2.75, 3.05) is 45.5 Å². The molecule has 2 aliphatic heterocycles. The van der Waals surface area contributed by atoms with Gasteiger partial charge >= 0.3 is 11.4 Å². The van der Waals surface area contributed by atoms with Crippen LogP contribution in [0.5, 0.6) is 0 Å². The normalized spacial score (nSPS) is 15.0. The third-order valence-corrected chi connectivity index (χ3v) is 14.9. The Bertz CT molecular complexity index is 2860. The van der Waals surface area contributed by atoms with E-state index in [2.05, 4.69) is 65.3 Å². The number of aromatic nitrogens is 11. The van der Waals surface area contributed by atoms with Gasteiger partial charge in [0.05, 0.1) is 29.7 Å². The van der Waals surface area contributed by atoms with E-state index in [1.54, 1.807) is 49.2 Å². The molecule has 0 bridgehead atoms. The molecule has 2 aliphatic rings. The summed E-state index contributed by atoms with van der Waals surface area (Å²) in [4.78, 5) is 44.7. The Morgan fingerprint density at radius 1 is 0.727 bits per heavy atom. The molecule has 9 rings (SSSR count). The molecular formula is C46H63N12O6Si2+. The van der Waals surface area contributed by atoms with Crippen LogP contribution in [0.3, 0.4) is 0 Å². The lowest BCUT2D eigenvalue weighted by Gasteiger charge is -2.22. The van der Waals surface area contributed by atoms with Crippen LogP contribution in [-0.2, 0) is 32.4 Å². The topological polar surface area (TPSA) is 190 Å². The molecule has 9 heterocycles. The van der Waals surface area contributed by atoms with Crippen molar-refractivity contribution in [1.29, 1.82) is 0 Å². The van der Waals surface area contributed by atoms with Gasteiger partial charge in [-0.05, 0) is 55.8 Å². The van der Waals surface area contributed by atoms with E-state index < -0.39 is 16.1 Å². The quantitative estimate of drug-likeness (QED) is 0.0504. The van der Waals surface area contributed by atoms with Crippen LogP contribution < -0.4 is 21.9 Å². The monoisotopic (exact) mass is 935 g/mol. The van der Waals surface area contributed by atoms with Gasteiger partial charge in [-0.1, -0.05) is 56.1 Å². The number of rotatable bonds is 13. The van der Waals surface area contributed by atoms with Crippen molar-refractivity contribution >= 4 is 44.0 Å². The Labute approximate surface area is 386 Å². The summed E-state index contributed by atoms with van der Waals surface area (Å²) in [6.07, 6.45) is 19.2. The molecule has 0 atom stereocenters. The predicted molar refractivity (Wildman–Crippen MR) is 259 cm³/mol. The maximum Gasteiger partial charge on any atom is 0.332 e. The van der Waals surface area contributed by atoms with Crippen molar-refractivity contribution in [1.82, 2.24) is 47.8 Å². The first-order chi connectivity index (χ1) is 31.7. The van der Waals surface area contributed by atoms with Crippen molar-refractivity contribution in [3.63, 3.8) is 0 Å². The molecule has 2 saturated heterocycles. The third-order valence-electron chi connectivity index (χ3n) is 11.5. The van der Waals surface area contributed by atoms with Crippen LogP contribution in [0.1, 0.15) is 43.6 Å². The Hall–Kier alpha value is -5.83. The fourth-order valence-electron chi connectivity index (χ4n) is 7.70. The predicted octanol–water partition coefficient (Wildman–Crippen LogP) is 5.50. The summed E-state index contributed by atoms with van der Waals surface area (Å²) in [5, 5.41) is 4.41. The maximum atomic E-state index is 13.5. The second kappa shape index (κ2) is 21.7. The largest absolute Gasteiger partial charge is 0.381 e. The number of nitrogen functional groups attached to an aromatic ring is 1.